The Balaban J connectivity index is 1.95. The molecule has 0 atom stereocenters. The molecular weight excluding hydrogens is 304 g/mol. The van der Waals surface area contributed by atoms with Gasteiger partial charge in [-0.3, -0.25) is 0 Å². The summed E-state index contributed by atoms with van der Waals surface area (Å²) in [6, 6.07) is 11.8. The first kappa shape index (κ1) is 11.9. The molecule has 0 aliphatic rings. The number of hydrogen-bond donors (Lipinski definition) is 1. The third-order valence-electron chi connectivity index (χ3n) is 2.77. The van der Waals surface area contributed by atoms with E-state index in [-0.39, 0.29) is 0 Å². The second-order valence-electron chi connectivity index (χ2n) is 4.13. The van der Waals surface area contributed by atoms with Crippen LogP contribution in [0.1, 0.15) is 0 Å². The molecule has 94 valence electrons. The first-order chi connectivity index (χ1) is 9.22. The minimum Gasteiger partial charge on any atom is -0.397 e. The highest BCUT2D eigenvalue weighted by atomic mass is 79.9. The summed E-state index contributed by atoms with van der Waals surface area (Å²) in [6.07, 6.45) is 5.39. The van der Waals surface area contributed by atoms with Gasteiger partial charge in [-0.15, -0.1) is 0 Å². The monoisotopic (exact) mass is 314 g/mol. The average molecular weight is 315 g/mol. The number of anilines is 1. The summed E-state index contributed by atoms with van der Waals surface area (Å²) < 4.78 is 2.79. The number of halogens is 1. The minimum absolute atomic E-state index is 0.643. The van der Waals surface area contributed by atoms with Crippen molar-refractivity contribution in [3.8, 4) is 16.9 Å². The van der Waals surface area contributed by atoms with Crippen molar-refractivity contribution in [3.05, 3.63) is 59.5 Å². The van der Waals surface area contributed by atoms with Crippen molar-refractivity contribution < 1.29 is 0 Å². The van der Waals surface area contributed by atoms with E-state index in [0.717, 1.165) is 21.4 Å². The number of benzene rings is 1. The fourth-order valence-electron chi connectivity index (χ4n) is 1.77. The number of pyridine rings is 1. The van der Waals surface area contributed by atoms with Gasteiger partial charge < -0.3 is 5.73 Å². The summed E-state index contributed by atoms with van der Waals surface area (Å²) in [5.41, 5.74) is 8.42. The summed E-state index contributed by atoms with van der Waals surface area (Å²) >= 11 is 3.42. The van der Waals surface area contributed by atoms with E-state index >= 15 is 0 Å². The molecule has 2 N–H and O–H groups in total. The Kier molecular flexibility index (Phi) is 3.05. The highest BCUT2D eigenvalue weighted by molar-refractivity contribution is 9.10. The van der Waals surface area contributed by atoms with Crippen LogP contribution in [0.3, 0.4) is 0 Å². The highest BCUT2D eigenvalue weighted by Crippen LogP contribution is 2.22. The van der Waals surface area contributed by atoms with Crippen molar-refractivity contribution in [1.82, 2.24) is 14.8 Å². The van der Waals surface area contributed by atoms with Crippen LogP contribution in [0.5, 0.6) is 0 Å². The van der Waals surface area contributed by atoms with Crippen LogP contribution in [-0.2, 0) is 0 Å². The van der Waals surface area contributed by atoms with Gasteiger partial charge in [0.1, 0.15) is 0 Å². The van der Waals surface area contributed by atoms with E-state index in [9.17, 15) is 0 Å². The van der Waals surface area contributed by atoms with E-state index in [0.29, 0.717) is 5.69 Å². The summed E-state index contributed by atoms with van der Waals surface area (Å²) in [4.78, 5) is 4.24. The predicted molar refractivity (Wildman–Crippen MR) is 78.9 cm³/mol. The van der Waals surface area contributed by atoms with Crippen molar-refractivity contribution in [2.45, 2.75) is 0 Å². The first-order valence-electron chi connectivity index (χ1n) is 5.75. The molecule has 0 unspecified atom stereocenters. The summed E-state index contributed by atoms with van der Waals surface area (Å²) in [5, 5.41) is 4.32. The molecule has 1 aromatic carbocycles. The SMILES string of the molecule is Nc1ccc(-n2cc(-c3ccc(Br)cc3)cn2)nc1. The van der Waals surface area contributed by atoms with Crippen LogP contribution in [0.25, 0.3) is 16.9 Å². The van der Waals surface area contributed by atoms with E-state index in [1.165, 1.54) is 0 Å². The fourth-order valence-corrected chi connectivity index (χ4v) is 2.04. The van der Waals surface area contributed by atoms with Crippen molar-refractivity contribution in [3.63, 3.8) is 0 Å². The number of nitrogens with zero attached hydrogens (tertiary/aromatic N) is 3. The van der Waals surface area contributed by atoms with E-state index in [1.807, 2.05) is 48.8 Å². The summed E-state index contributed by atoms with van der Waals surface area (Å²) in [6.45, 7) is 0. The molecule has 0 bridgehead atoms. The quantitative estimate of drug-likeness (QED) is 0.789. The molecule has 19 heavy (non-hydrogen) atoms. The smallest absolute Gasteiger partial charge is 0.153 e. The zero-order chi connectivity index (χ0) is 13.2. The van der Waals surface area contributed by atoms with E-state index in [1.54, 1.807) is 10.9 Å². The van der Waals surface area contributed by atoms with Gasteiger partial charge in [-0.2, -0.15) is 5.10 Å². The van der Waals surface area contributed by atoms with Crippen LogP contribution in [0, 0.1) is 0 Å². The number of rotatable bonds is 2. The van der Waals surface area contributed by atoms with Gasteiger partial charge in [-0.05, 0) is 29.8 Å². The largest absolute Gasteiger partial charge is 0.397 e. The van der Waals surface area contributed by atoms with Gasteiger partial charge >= 0.3 is 0 Å². The summed E-state index contributed by atoms with van der Waals surface area (Å²) in [5.74, 6) is 0.748. The van der Waals surface area contributed by atoms with Crippen LogP contribution in [0.4, 0.5) is 5.69 Å². The van der Waals surface area contributed by atoms with Gasteiger partial charge in [0.05, 0.1) is 18.1 Å². The van der Waals surface area contributed by atoms with Crippen molar-refractivity contribution in [2.24, 2.45) is 0 Å². The maximum absolute atomic E-state index is 5.62. The third kappa shape index (κ3) is 2.51. The molecule has 0 spiro atoms. The Bertz CT molecular complexity index is 626. The van der Waals surface area contributed by atoms with E-state index in [4.69, 9.17) is 5.73 Å². The van der Waals surface area contributed by atoms with Crippen molar-refractivity contribution in [2.75, 3.05) is 5.73 Å². The number of aromatic nitrogens is 3. The normalized spacial score (nSPS) is 10.6. The minimum atomic E-state index is 0.643. The van der Waals surface area contributed by atoms with Gasteiger partial charge in [0.15, 0.2) is 5.82 Å². The molecule has 3 aromatic rings. The van der Waals surface area contributed by atoms with E-state index < -0.39 is 0 Å². The lowest BCUT2D eigenvalue weighted by Gasteiger charge is -2.00. The Morgan fingerprint density at radius 3 is 2.42 bits per heavy atom. The molecule has 2 aromatic heterocycles. The Labute approximate surface area is 119 Å². The molecule has 0 aliphatic heterocycles. The lowest BCUT2D eigenvalue weighted by atomic mass is 10.1. The van der Waals surface area contributed by atoms with E-state index in [2.05, 4.69) is 26.0 Å². The molecule has 3 rings (SSSR count). The molecular formula is C14H11BrN4. The van der Waals surface area contributed by atoms with Gasteiger partial charge in [-0.1, -0.05) is 28.1 Å². The molecule has 0 fully saturated rings. The van der Waals surface area contributed by atoms with Crippen LogP contribution in [0.2, 0.25) is 0 Å². The molecule has 0 amide bonds. The van der Waals surface area contributed by atoms with Gasteiger partial charge in [0.25, 0.3) is 0 Å². The first-order valence-corrected chi connectivity index (χ1v) is 6.54. The van der Waals surface area contributed by atoms with Crippen molar-refractivity contribution in [1.29, 1.82) is 0 Å². The van der Waals surface area contributed by atoms with Crippen molar-refractivity contribution >= 4 is 21.6 Å². The third-order valence-corrected chi connectivity index (χ3v) is 3.29. The molecule has 0 aliphatic carbocycles. The molecule has 0 saturated heterocycles. The Morgan fingerprint density at radius 1 is 0.947 bits per heavy atom. The van der Waals surface area contributed by atoms with Gasteiger partial charge in [0.2, 0.25) is 0 Å². The fraction of sp³-hybridized carbons (Fsp3) is 0. The molecule has 0 saturated carbocycles. The number of nitrogen functional groups attached to an aromatic ring is 1. The molecule has 0 radical (unpaired) electrons. The van der Waals surface area contributed by atoms with Crippen LogP contribution in [-0.4, -0.2) is 14.8 Å². The Morgan fingerprint density at radius 2 is 1.74 bits per heavy atom. The van der Waals surface area contributed by atoms with Gasteiger partial charge in [-0.25, -0.2) is 9.67 Å². The standard InChI is InChI=1S/C14H11BrN4/c15-12-3-1-10(2-4-12)11-7-18-19(9-11)14-6-5-13(16)8-17-14/h1-9H,16H2. The number of hydrogen-bond acceptors (Lipinski definition) is 3. The lowest BCUT2D eigenvalue weighted by molar-refractivity contribution is 0.847. The lowest BCUT2D eigenvalue weighted by Crippen LogP contribution is -1.98. The second kappa shape index (κ2) is 4.85. The average Bonchev–Trinajstić information content (AvgIpc) is 2.90. The zero-order valence-corrected chi connectivity index (χ0v) is 11.6. The number of nitrogens with two attached hydrogens (primary N) is 1. The Hall–Kier alpha value is -2.14. The molecule has 4 nitrogen and oxygen atoms in total. The zero-order valence-electron chi connectivity index (χ0n) is 9.99. The maximum Gasteiger partial charge on any atom is 0.153 e. The summed E-state index contributed by atoms with van der Waals surface area (Å²) in [7, 11) is 0. The molecule has 2 heterocycles. The molecule has 5 heteroatoms. The van der Waals surface area contributed by atoms with Gasteiger partial charge in [0, 0.05) is 16.2 Å². The predicted octanol–water partition coefficient (Wildman–Crippen LogP) is 3.28. The second-order valence-corrected chi connectivity index (χ2v) is 5.05. The van der Waals surface area contributed by atoms with Crippen LogP contribution < -0.4 is 5.73 Å². The van der Waals surface area contributed by atoms with Crippen LogP contribution >= 0.6 is 15.9 Å². The van der Waals surface area contributed by atoms with Crippen LogP contribution in [0.15, 0.2) is 59.5 Å². The topological polar surface area (TPSA) is 56.7 Å². The highest BCUT2D eigenvalue weighted by Gasteiger charge is 2.04. The maximum atomic E-state index is 5.62.